The van der Waals surface area contributed by atoms with Gasteiger partial charge in [-0.2, -0.15) is 18.3 Å². The van der Waals surface area contributed by atoms with Crippen molar-refractivity contribution in [1.29, 1.82) is 0 Å². The van der Waals surface area contributed by atoms with Crippen LogP contribution in [0.15, 0.2) is 24.4 Å². The molecule has 0 amide bonds. The van der Waals surface area contributed by atoms with Crippen LogP contribution in [-0.4, -0.2) is 15.0 Å². The summed E-state index contributed by atoms with van der Waals surface area (Å²) in [6.07, 6.45) is 0.378. The van der Waals surface area contributed by atoms with E-state index in [2.05, 4.69) is 10.2 Å². The molecule has 2 rings (SSSR count). The molecule has 0 saturated carbocycles. The minimum atomic E-state index is -4.51. The number of alkyl halides is 3. The minimum Gasteiger partial charge on any atom is -0.166 e. The van der Waals surface area contributed by atoms with Crippen LogP contribution in [0.1, 0.15) is 18.2 Å². The lowest BCUT2D eigenvalue weighted by Gasteiger charge is -2.11. The molecule has 0 spiro atoms. The van der Waals surface area contributed by atoms with Crippen molar-refractivity contribution in [3.05, 3.63) is 45.7 Å². The second kappa shape index (κ2) is 5.46. The van der Waals surface area contributed by atoms with Crippen molar-refractivity contribution in [3.8, 4) is 5.69 Å². The Morgan fingerprint density at radius 3 is 2.30 bits per heavy atom. The monoisotopic (exact) mass is 321 g/mol. The summed E-state index contributed by atoms with van der Waals surface area (Å²) in [5, 5.41) is 7.63. The largest absolute Gasteiger partial charge is 0.416 e. The van der Waals surface area contributed by atoms with Gasteiger partial charge in [0, 0.05) is 0 Å². The molecule has 2 aromatic rings. The van der Waals surface area contributed by atoms with E-state index >= 15 is 0 Å². The van der Waals surface area contributed by atoms with Gasteiger partial charge in [0.15, 0.2) is 0 Å². The van der Waals surface area contributed by atoms with Crippen molar-refractivity contribution >= 4 is 29.3 Å². The van der Waals surface area contributed by atoms with Gasteiger partial charge < -0.3 is 0 Å². The van der Waals surface area contributed by atoms with E-state index in [0.29, 0.717) is 5.69 Å². The fourth-order valence-electron chi connectivity index (χ4n) is 1.55. The summed E-state index contributed by atoms with van der Waals surface area (Å²) in [6, 6.07) is 1.59. The van der Waals surface area contributed by atoms with Gasteiger partial charge in [0.2, 0.25) is 0 Å². The van der Waals surface area contributed by atoms with Crippen molar-refractivity contribution in [2.45, 2.75) is 13.1 Å². The second-order valence-corrected chi connectivity index (χ2v) is 4.66. The Kier molecular flexibility index (Phi) is 4.06. The van der Waals surface area contributed by atoms with Crippen LogP contribution < -0.4 is 0 Å². The lowest BCUT2D eigenvalue weighted by atomic mass is 10.2. The quantitative estimate of drug-likeness (QED) is 0.807. The molecule has 0 aliphatic rings. The first kappa shape index (κ1) is 14.9. The molecule has 0 aliphatic carbocycles. The number of halogens is 5. The Hall–Kier alpha value is -1.53. The van der Waals surface area contributed by atoms with Crippen LogP contribution in [-0.2, 0) is 6.18 Å². The summed E-state index contributed by atoms with van der Waals surface area (Å²) in [6.45, 7) is 1.80. The predicted molar refractivity (Wildman–Crippen MR) is 71.1 cm³/mol. The number of benzene rings is 1. The van der Waals surface area contributed by atoms with Gasteiger partial charge in [0.05, 0.1) is 21.8 Å². The molecule has 1 aromatic heterocycles. The minimum absolute atomic E-state index is 0.108. The Bertz CT molecular complexity index is 639. The van der Waals surface area contributed by atoms with Gasteiger partial charge in [-0.25, -0.2) is 0 Å². The number of allylic oxidation sites excluding steroid dienone is 1. The molecule has 0 N–H and O–H groups in total. The van der Waals surface area contributed by atoms with Gasteiger partial charge in [-0.3, -0.25) is 0 Å². The Labute approximate surface area is 122 Å². The van der Waals surface area contributed by atoms with E-state index in [0.717, 1.165) is 16.9 Å². The predicted octanol–water partition coefficient (Wildman–Crippen LogP) is 4.63. The van der Waals surface area contributed by atoms with Gasteiger partial charge in [-0.05, 0) is 25.1 Å². The Morgan fingerprint density at radius 2 is 1.80 bits per heavy atom. The van der Waals surface area contributed by atoms with E-state index in [1.54, 1.807) is 19.1 Å². The van der Waals surface area contributed by atoms with Crippen LogP contribution in [0, 0.1) is 0 Å². The molecule has 0 saturated heterocycles. The Morgan fingerprint density at radius 1 is 1.20 bits per heavy atom. The lowest BCUT2D eigenvalue weighted by Crippen LogP contribution is -2.07. The highest BCUT2D eigenvalue weighted by molar-refractivity contribution is 6.37. The van der Waals surface area contributed by atoms with E-state index < -0.39 is 11.7 Å². The molecule has 0 unspecified atom stereocenters. The van der Waals surface area contributed by atoms with Gasteiger partial charge in [0.25, 0.3) is 0 Å². The van der Waals surface area contributed by atoms with Crippen LogP contribution in [0.2, 0.25) is 10.0 Å². The van der Waals surface area contributed by atoms with Crippen LogP contribution in [0.25, 0.3) is 11.8 Å². The molecule has 3 nitrogen and oxygen atoms in total. The zero-order chi connectivity index (χ0) is 14.9. The van der Waals surface area contributed by atoms with E-state index in [1.165, 1.54) is 6.20 Å². The third kappa shape index (κ3) is 2.96. The molecule has 0 atom stereocenters. The highest BCUT2D eigenvalue weighted by Crippen LogP contribution is 2.37. The fraction of sp³-hybridized carbons (Fsp3) is 0.167. The average Bonchev–Trinajstić information content (AvgIpc) is 2.76. The maximum atomic E-state index is 12.6. The highest BCUT2D eigenvalue weighted by Gasteiger charge is 2.32. The van der Waals surface area contributed by atoms with Crippen molar-refractivity contribution in [2.24, 2.45) is 0 Å². The first-order chi connectivity index (χ1) is 9.32. The van der Waals surface area contributed by atoms with Crippen molar-refractivity contribution < 1.29 is 13.2 Å². The SMILES string of the molecule is C/C=C\c1cnn(-c2c(Cl)cc(C(F)(F)F)cc2Cl)n1. The third-order valence-corrected chi connectivity index (χ3v) is 2.97. The average molecular weight is 322 g/mol. The van der Waals surface area contributed by atoms with E-state index in [9.17, 15) is 13.2 Å². The van der Waals surface area contributed by atoms with Gasteiger partial charge >= 0.3 is 6.18 Å². The third-order valence-electron chi connectivity index (χ3n) is 2.39. The van der Waals surface area contributed by atoms with Gasteiger partial charge in [-0.1, -0.05) is 29.3 Å². The van der Waals surface area contributed by atoms with Crippen LogP contribution >= 0.6 is 23.2 Å². The van der Waals surface area contributed by atoms with Crippen LogP contribution in [0.5, 0.6) is 0 Å². The summed E-state index contributed by atoms with van der Waals surface area (Å²) in [4.78, 5) is 1.10. The maximum Gasteiger partial charge on any atom is 0.416 e. The zero-order valence-electron chi connectivity index (χ0n) is 10.1. The summed E-state index contributed by atoms with van der Waals surface area (Å²) in [5.41, 5.74) is -0.270. The number of hydrogen-bond acceptors (Lipinski definition) is 2. The molecule has 0 bridgehead atoms. The number of hydrogen-bond donors (Lipinski definition) is 0. The lowest BCUT2D eigenvalue weighted by molar-refractivity contribution is -0.137. The smallest absolute Gasteiger partial charge is 0.166 e. The summed E-state index contributed by atoms with van der Waals surface area (Å²) in [5.74, 6) is 0. The molecular formula is C12H8Cl2F3N3. The number of aromatic nitrogens is 3. The van der Waals surface area contributed by atoms with Crippen molar-refractivity contribution in [2.75, 3.05) is 0 Å². The topological polar surface area (TPSA) is 30.7 Å². The first-order valence-corrected chi connectivity index (χ1v) is 6.20. The highest BCUT2D eigenvalue weighted by atomic mass is 35.5. The van der Waals surface area contributed by atoms with E-state index in [-0.39, 0.29) is 15.7 Å². The molecule has 0 radical (unpaired) electrons. The molecule has 0 fully saturated rings. The van der Waals surface area contributed by atoms with E-state index in [4.69, 9.17) is 23.2 Å². The molecule has 20 heavy (non-hydrogen) atoms. The molecule has 8 heteroatoms. The van der Waals surface area contributed by atoms with Crippen LogP contribution in [0.3, 0.4) is 0 Å². The standard InChI is InChI=1S/C12H8Cl2F3N3/c1-2-3-8-6-18-20(19-8)11-9(13)4-7(5-10(11)14)12(15,16)17/h2-6H,1H3/b3-2-. The maximum absolute atomic E-state index is 12.6. The van der Waals surface area contributed by atoms with Crippen molar-refractivity contribution in [1.82, 2.24) is 15.0 Å². The molecular weight excluding hydrogens is 314 g/mol. The van der Waals surface area contributed by atoms with E-state index in [1.807, 2.05) is 0 Å². The van der Waals surface area contributed by atoms with Crippen LogP contribution in [0.4, 0.5) is 13.2 Å². The first-order valence-electron chi connectivity index (χ1n) is 5.44. The molecule has 1 aromatic carbocycles. The molecule has 1 heterocycles. The normalized spacial score (nSPS) is 12.3. The summed E-state index contributed by atoms with van der Waals surface area (Å²) < 4.78 is 37.9. The molecule has 106 valence electrons. The fourth-order valence-corrected chi connectivity index (χ4v) is 2.19. The Balaban J connectivity index is 2.52. The van der Waals surface area contributed by atoms with Crippen molar-refractivity contribution in [3.63, 3.8) is 0 Å². The molecule has 0 aliphatic heterocycles. The van der Waals surface area contributed by atoms with Gasteiger partial charge in [-0.15, -0.1) is 9.90 Å². The number of rotatable bonds is 2. The summed E-state index contributed by atoms with van der Waals surface area (Å²) in [7, 11) is 0. The number of nitrogens with zero attached hydrogens (tertiary/aromatic N) is 3. The zero-order valence-corrected chi connectivity index (χ0v) is 11.6. The summed E-state index contributed by atoms with van der Waals surface area (Å²) >= 11 is 11.7. The second-order valence-electron chi connectivity index (χ2n) is 3.85. The van der Waals surface area contributed by atoms with Gasteiger partial charge in [0.1, 0.15) is 11.4 Å².